The van der Waals surface area contributed by atoms with Crippen LogP contribution in [0.2, 0.25) is 0 Å². The zero-order valence-electron chi connectivity index (χ0n) is 11.2. The van der Waals surface area contributed by atoms with Gasteiger partial charge in [-0.2, -0.15) is 4.37 Å². The lowest BCUT2D eigenvalue weighted by Crippen LogP contribution is -1.90. The van der Waals surface area contributed by atoms with Gasteiger partial charge in [-0.3, -0.25) is 0 Å². The number of rotatable bonds is 4. The van der Waals surface area contributed by atoms with E-state index < -0.39 is 0 Å². The van der Waals surface area contributed by atoms with Crippen molar-refractivity contribution in [2.45, 2.75) is 17.0 Å². The smallest absolute Gasteiger partial charge is 0.170 e. The highest BCUT2D eigenvalue weighted by Crippen LogP contribution is 2.26. The summed E-state index contributed by atoms with van der Waals surface area (Å²) in [6, 6.07) is 5.87. The first-order valence-electron chi connectivity index (χ1n) is 5.92. The third kappa shape index (κ3) is 3.97. The van der Waals surface area contributed by atoms with E-state index in [2.05, 4.69) is 21.2 Å². The van der Waals surface area contributed by atoms with Crippen molar-refractivity contribution in [3.8, 4) is 17.6 Å². The fraction of sp³-hybridized carbons (Fsp3) is 0.286. The molecule has 6 heteroatoms. The van der Waals surface area contributed by atoms with Gasteiger partial charge in [0.25, 0.3) is 0 Å². The molecule has 0 saturated carbocycles. The molecule has 0 aliphatic carbocycles. The molecule has 2 aromatic rings. The minimum absolute atomic E-state index is 0.161. The van der Waals surface area contributed by atoms with Gasteiger partial charge < -0.3 is 9.84 Å². The van der Waals surface area contributed by atoms with Gasteiger partial charge >= 0.3 is 0 Å². The standard InChI is InChI=1S/C14H14N2O2S2/c1-10-15-14(20-16-10)19-9-11-5-6-13(18-2)12(8-11)4-3-7-17/h5-6,8,17H,7,9H2,1-2H3. The van der Waals surface area contributed by atoms with E-state index in [0.29, 0.717) is 5.75 Å². The molecule has 1 N–H and O–H groups in total. The van der Waals surface area contributed by atoms with Gasteiger partial charge in [-0.25, -0.2) is 4.98 Å². The highest BCUT2D eigenvalue weighted by atomic mass is 32.2. The zero-order chi connectivity index (χ0) is 14.4. The van der Waals surface area contributed by atoms with Crippen LogP contribution in [0.1, 0.15) is 17.0 Å². The molecule has 2 rings (SSSR count). The molecule has 0 saturated heterocycles. The summed E-state index contributed by atoms with van der Waals surface area (Å²) >= 11 is 3.06. The van der Waals surface area contributed by atoms with Gasteiger partial charge in [0.15, 0.2) is 4.34 Å². The van der Waals surface area contributed by atoms with Crippen molar-refractivity contribution in [1.29, 1.82) is 0 Å². The Morgan fingerprint density at radius 3 is 2.95 bits per heavy atom. The van der Waals surface area contributed by atoms with Crippen molar-refractivity contribution >= 4 is 23.3 Å². The monoisotopic (exact) mass is 306 g/mol. The van der Waals surface area contributed by atoms with Crippen molar-refractivity contribution < 1.29 is 9.84 Å². The number of ether oxygens (including phenoxy) is 1. The minimum atomic E-state index is -0.161. The van der Waals surface area contributed by atoms with Crippen LogP contribution in [0.5, 0.6) is 5.75 Å². The van der Waals surface area contributed by atoms with Crippen molar-refractivity contribution in [2.24, 2.45) is 0 Å². The lowest BCUT2D eigenvalue weighted by Gasteiger charge is -2.06. The predicted molar refractivity (Wildman–Crippen MR) is 81.2 cm³/mol. The van der Waals surface area contributed by atoms with Crippen LogP contribution in [0, 0.1) is 18.8 Å². The molecule has 1 aromatic carbocycles. The predicted octanol–water partition coefficient (Wildman–Crippen LogP) is 2.49. The summed E-state index contributed by atoms with van der Waals surface area (Å²) in [4.78, 5) is 4.32. The Kier molecular flexibility index (Phi) is 5.41. The second kappa shape index (κ2) is 7.29. The molecular formula is C14H14N2O2S2. The van der Waals surface area contributed by atoms with E-state index in [1.807, 2.05) is 25.1 Å². The van der Waals surface area contributed by atoms with Gasteiger partial charge in [0.1, 0.15) is 18.2 Å². The topological polar surface area (TPSA) is 55.2 Å². The summed E-state index contributed by atoms with van der Waals surface area (Å²) in [5.41, 5.74) is 1.92. The zero-order valence-corrected chi connectivity index (χ0v) is 12.8. The summed E-state index contributed by atoms with van der Waals surface area (Å²) in [7, 11) is 1.61. The second-order valence-electron chi connectivity index (χ2n) is 3.89. The molecule has 1 aromatic heterocycles. The lowest BCUT2D eigenvalue weighted by atomic mass is 10.1. The van der Waals surface area contributed by atoms with E-state index in [1.54, 1.807) is 18.9 Å². The summed E-state index contributed by atoms with van der Waals surface area (Å²) < 4.78 is 10.4. The van der Waals surface area contributed by atoms with Crippen LogP contribution in [0.25, 0.3) is 0 Å². The van der Waals surface area contributed by atoms with E-state index >= 15 is 0 Å². The van der Waals surface area contributed by atoms with Gasteiger partial charge in [0.2, 0.25) is 0 Å². The number of hydrogen-bond donors (Lipinski definition) is 1. The van der Waals surface area contributed by atoms with E-state index in [4.69, 9.17) is 9.84 Å². The molecule has 20 heavy (non-hydrogen) atoms. The molecule has 0 radical (unpaired) electrons. The number of aryl methyl sites for hydroxylation is 1. The Morgan fingerprint density at radius 1 is 1.45 bits per heavy atom. The van der Waals surface area contributed by atoms with Gasteiger partial charge in [0.05, 0.1) is 12.7 Å². The van der Waals surface area contributed by atoms with Crippen molar-refractivity contribution in [1.82, 2.24) is 9.36 Å². The lowest BCUT2D eigenvalue weighted by molar-refractivity contribution is 0.350. The Morgan fingerprint density at radius 2 is 2.30 bits per heavy atom. The number of aliphatic hydroxyl groups excluding tert-OH is 1. The van der Waals surface area contributed by atoms with E-state index in [-0.39, 0.29) is 6.61 Å². The minimum Gasteiger partial charge on any atom is -0.495 e. The molecule has 0 unspecified atom stereocenters. The first kappa shape index (κ1) is 14.9. The number of aliphatic hydroxyl groups is 1. The van der Waals surface area contributed by atoms with Crippen molar-refractivity contribution in [3.63, 3.8) is 0 Å². The first-order chi connectivity index (χ1) is 9.72. The van der Waals surface area contributed by atoms with E-state index in [0.717, 1.165) is 27.0 Å². The molecule has 0 aliphatic heterocycles. The molecule has 1 heterocycles. The van der Waals surface area contributed by atoms with Crippen LogP contribution in [0.4, 0.5) is 0 Å². The van der Waals surface area contributed by atoms with Crippen molar-refractivity contribution in [3.05, 3.63) is 35.2 Å². The number of aromatic nitrogens is 2. The van der Waals surface area contributed by atoms with Gasteiger partial charge in [-0.1, -0.05) is 29.7 Å². The normalized spacial score (nSPS) is 9.95. The Labute approximate surface area is 126 Å². The number of nitrogens with zero attached hydrogens (tertiary/aromatic N) is 2. The average Bonchev–Trinajstić information content (AvgIpc) is 2.88. The van der Waals surface area contributed by atoms with E-state index in [1.165, 1.54) is 11.5 Å². The van der Waals surface area contributed by atoms with Crippen LogP contribution in [0.3, 0.4) is 0 Å². The second-order valence-corrected chi connectivity index (χ2v) is 5.87. The maximum absolute atomic E-state index is 8.78. The maximum Gasteiger partial charge on any atom is 0.170 e. The number of methoxy groups -OCH3 is 1. The van der Waals surface area contributed by atoms with Crippen LogP contribution in [-0.4, -0.2) is 28.2 Å². The third-order valence-corrected chi connectivity index (χ3v) is 4.43. The average molecular weight is 306 g/mol. The summed E-state index contributed by atoms with van der Waals surface area (Å²) in [6.07, 6.45) is 0. The highest BCUT2D eigenvalue weighted by molar-refractivity contribution is 8.00. The number of hydrogen-bond acceptors (Lipinski definition) is 6. The van der Waals surface area contributed by atoms with Gasteiger partial charge in [-0.05, 0) is 36.2 Å². The number of thioether (sulfide) groups is 1. The number of benzene rings is 1. The Balaban J connectivity index is 2.12. The molecule has 0 amide bonds. The summed E-state index contributed by atoms with van der Waals surface area (Å²) in [5, 5.41) is 8.78. The molecule has 4 nitrogen and oxygen atoms in total. The van der Waals surface area contributed by atoms with E-state index in [9.17, 15) is 0 Å². The van der Waals surface area contributed by atoms with Crippen LogP contribution in [-0.2, 0) is 5.75 Å². The summed E-state index contributed by atoms with van der Waals surface area (Å²) in [6.45, 7) is 1.72. The van der Waals surface area contributed by atoms with Gasteiger partial charge in [-0.15, -0.1) is 0 Å². The van der Waals surface area contributed by atoms with Gasteiger partial charge in [0, 0.05) is 5.75 Å². The summed E-state index contributed by atoms with van der Waals surface area (Å²) in [5.74, 6) is 7.86. The molecule has 0 bridgehead atoms. The largest absolute Gasteiger partial charge is 0.495 e. The third-order valence-electron chi connectivity index (χ3n) is 2.44. The van der Waals surface area contributed by atoms with Crippen LogP contribution < -0.4 is 4.74 Å². The molecule has 104 valence electrons. The molecular weight excluding hydrogens is 292 g/mol. The van der Waals surface area contributed by atoms with Crippen molar-refractivity contribution in [2.75, 3.05) is 13.7 Å². The molecule has 0 atom stereocenters. The van der Waals surface area contributed by atoms with Crippen LogP contribution in [0.15, 0.2) is 22.5 Å². The fourth-order valence-electron chi connectivity index (χ4n) is 1.56. The first-order valence-corrected chi connectivity index (χ1v) is 7.68. The Hall–Kier alpha value is -1.55. The van der Waals surface area contributed by atoms with Crippen LogP contribution >= 0.6 is 23.3 Å². The molecule has 0 fully saturated rings. The highest BCUT2D eigenvalue weighted by Gasteiger charge is 2.05. The molecule has 0 spiro atoms. The Bertz CT molecular complexity index is 644. The SMILES string of the molecule is COc1ccc(CSc2nc(C)ns2)cc1C#CCO. The fourth-order valence-corrected chi connectivity index (χ4v) is 3.15. The quantitative estimate of drug-likeness (QED) is 0.695. The molecule has 0 aliphatic rings. The maximum atomic E-state index is 8.78.